The van der Waals surface area contributed by atoms with Crippen molar-refractivity contribution in [3.8, 4) is 5.75 Å². The van der Waals surface area contributed by atoms with Crippen molar-refractivity contribution in [2.75, 3.05) is 0 Å². The summed E-state index contributed by atoms with van der Waals surface area (Å²) in [4.78, 5) is 24.8. The van der Waals surface area contributed by atoms with Crippen LogP contribution in [0.3, 0.4) is 0 Å². The van der Waals surface area contributed by atoms with E-state index in [-0.39, 0.29) is 34.1 Å². The number of aromatic nitrogens is 1. The van der Waals surface area contributed by atoms with Gasteiger partial charge >= 0.3 is 5.97 Å². The molecule has 0 spiro atoms. The van der Waals surface area contributed by atoms with Crippen molar-refractivity contribution < 1.29 is 28.6 Å². The van der Waals surface area contributed by atoms with Crippen molar-refractivity contribution in [3.05, 3.63) is 63.8 Å². The number of phenols is 1. The zero-order valence-corrected chi connectivity index (χ0v) is 15.7. The van der Waals surface area contributed by atoms with Crippen LogP contribution in [0.25, 0.3) is 10.9 Å². The molecular formula is C20H16ClF2NO4. The molecule has 1 heterocycles. The van der Waals surface area contributed by atoms with Crippen molar-refractivity contribution in [2.24, 2.45) is 0 Å². The van der Waals surface area contributed by atoms with Gasteiger partial charge in [0.25, 0.3) is 5.91 Å². The van der Waals surface area contributed by atoms with Gasteiger partial charge in [-0.1, -0.05) is 24.6 Å². The fourth-order valence-corrected chi connectivity index (χ4v) is 3.64. The number of phenolic OH excluding ortho intramolecular Hbond substituents is 1. The Balaban J connectivity index is 2.42. The molecule has 8 heteroatoms. The Morgan fingerprint density at radius 3 is 2.50 bits per heavy atom. The van der Waals surface area contributed by atoms with Crippen molar-refractivity contribution in [1.29, 1.82) is 0 Å². The minimum atomic E-state index is -1.30. The lowest BCUT2D eigenvalue weighted by Crippen LogP contribution is -2.16. The molecule has 2 aromatic carbocycles. The lowest BCUT2D eigenvalue weighted by atomic mass is 9.93. The number of fused-ring (bicyclic) bond motifs is 1. The van der Waals surface area contributed by atoms with Crippen LogP contribution in [0, 0.1) is 18.6 Å². The van der Waals surface area contributed by atoms with Crippen LogP contribution in [0.4, 0.5) is 8.78 Å². The summed E-state index contributed by atoms with van der Waals surface area (Å²) in [6.45, 7) is 3.05. The number of nitrogens with zero attached hydrogens (tertiary/aromatic N) is 1. The molecule has 3 rings (SSSR count). The van der Waals surface area contributed by atoms with Gasteiger partial charge in [0.2, 0.25) is 0 Å². The predicted octanol–water partition coefficient (Wildman–Crippen LogP) is 4.85. The number of rotatable bonds is 4. The summed E-state index contributed by atoms with van der Waals surface area (Å²) < 4.78 is 29.9. The van der Waals surface area contributed by atoms with Gasteiger partial charge in [-0.3, -0.25) is 14.2 Å². The van der Waals surface area contributed by atoms with Gasteiger partial charge in [0.15, 0.2) is 17.4 Å². The first-order valence-corrected chi connectivity index (χ1v) is 8.81. The molecule has 3 aromatic rings. The van der Waals surface area contributed by atoms with Gasteiger partial charge in [0, 0.05) is 27.7 Å². The summed E-state index contributed by atoms with van der Waals surface area (Å²) in [6, 6.07) is 6.83. The number of hydrogen-bond donors (Lipinski definition) is 2. The van der Waals surface area contributed by atoms with E-state index in [9.17, 15) is 28.6 Å². The Morgan fingerprint density at radius 2 is 1.93 bits per heavy atom. The molecule has 0 aliphatic carbocycles. The molecule has 0 saturated heterocycles. The summed E-state index contributed by atoms with van der Waals surface area (Å²) >= 11 is 5.93. The zero-order chi connectivity index (χ0) is 20.7. The molecule has 2 N–H and O–H groups in total. The number of carbonyl (C=O) groups is 2. The minimum Gasteiger partial charge on any atom is -0.503 e. The Morgan fingerprint density at radius 1 is 1.25 bits per heavy atom. The third-order valence-electron chi connectivity index (χ3n) is 4.74. The van der Waals surface area contributed by atoms with Gasteiger partial charge in [-0.05, 0) is 37.1 Å². The first kappa shape index (κ1) is 19.8. The fraction of sp³-hybridized carbons (Fsp3) is 0.200. The topological polar surface area (TPSA) is 79.5 Å². The molecule has 28 heavy (non-hydrogen) atoms. The van der Waals surface area contributed by atoms with E-state index in [1.807, 2.05) is 0 Å². The molecular weight excluding hydrogens is 392 g/mol. The fourth-order valence-electron chi connectivity index (χ4n) is 3.45. The van der Waals surface area contributed by atoms with Gasteiger partial charge in [-0.15, -0.1) is 0 Å². The number of aromatic hydroxyl groups is 1. The van der Waals surface area contributed by atoms with Gasteiger partial charge in [-0.2, -0.15) is 0 Å². The molecule has 0 fully saturated rings. The summed E-state index contributed by atoms with van der Waals surface area (Å²) in [5, 5.41) is 19.3. The van der Waals surface area contributed by atoms with E-state index in [4.69, 9.17) is 11.6 Å². The predicted molar refractivity (Wildman–Crippen MR) is 100 cm³/mol. The van der Waals surface area contributed by atoms with Crippen LogP contribution in [-0.2, 0) is 4.79 Å². The summed E-state index contributed by atoms with van der Waals surface area (Å²) in [6.07, 6.45) is 0.109. The number of aliphatic carboxylic acids is 1. The molecule has 5 nitrogen and oxygen atoms in total. The van der Waals surface area contributed by atoms with E-state index in [0.29, 0.717) is 5.02 Å². The normalized spacial score (nSPS) is 12.3. The van der Waals surface area contributed by atoms with Gasteiger partial charge in [0.1, 0.15) is 0 Å². The summed E-state index contributed by atoms with van der Waals surface area (Å²) in [5.41, 5.74) is 0.174. The van der Waals surface area contributed by atoms with E-state index in [0.717, 1.165) is 10.6 Å². The smallest absolute Gasteiger partial charge is 0.311 e. The highest BCUT2D eigenvalue weighted by Crippen LogP contribution is 2.39. The molecule has 0 radical (unpaired) electrons. The lowest BCUT2D eigenvalue weighted by Gasteiger charge is -2.12. The average Bonchev–Trinajstić information content (AvgIpc) is 2.92. The van der Waals surface area contributed by atoms with Crippen LogP contribution < -0.4 is 0 Å². The maximum atomic E-state index is 14.8. The van der Waals surface area contributed by atoms with Gasteiger partial charge in [-0.25, -0.2) is 8.78 Å². The van der Waals surface area contributed by atoms with Crippen LogP contribution in [0.1, 0.15) is 40.9 Å². The number of carboxylic acid groups (broad SMARTS) is 1. The van der Waals surface area contributed by atoms with E-state index < -0.39 is 35.2 Å². The van der Waals surface area contributed by atoms with Gasteiger partial charge in [0.05, 0.1) is 11.4 Å². The zero-order valence-electron chi connectivity index (χ0n) is 15.0. The molecule has 1 aromatic heterocycles. The Labute approximate surface area is 163 Å². The van der Waals surface area contributed by atoms with Crippen LogP contribution in [-0.4, -0.2) is 26.7 Å². The number of carboxylic acids is 1. The summed E-state index contributed by atoms with van der Waals surface area (Å²) in [5.74, 6) is -6.76. The average molecular weight is 408 g/mol. The molecule has 146 valence electrons. The van der Waals surface area contributed by atoms with E-state index in [1.165, 1.54) is 19.1 Å². The van der Waals surface area contributed by atoms with E-state index in [1.54, 1.807) is 19.1 Å². The van der Waals surface area contributed by atoms with Crippen molar-refractivity contribution >= 4 is 34.4 Å². The highest BCUT2D eigenvalue weighted by Gasteiger charge is 2.31. The molecule has 1 atom stereocenters. The Hall–Kier alpha value is -2.93. The SMILES string of the molecule is CCC(C(=O)O)c1c(C)n(C(=O)c2cccc(Cl)c2)c2cc(F)c(O)c(F)c12. The second-order valence-corrected chi connectivity index (χ2v) is 6.80. The maximum absolute atomic E-state index is 14.8. The third kappa shape index (κ3) is 3.01. The second-order valence-electron chi connectivity index (χ2n) is 6.36. The second kappa shape index (κ2) is 7.24. The Kier molecular flexibility index (Phi) is 5.12. The molecule has 0 amide bonds. The van der Waals surface area contributed by atoms with Crippen molar-refractivity contribution in [3.63, 3.8) is 0 Å². The van der Waals surface area contributed by atoms with Crippen LogP contribution in [0.5, 0.6) is 5.75 Å². The van der Waals surface area contributed by atoms with E-state index >= 15 is 0 Å². The Bertz CT molecular complexity index is 1120. The molecule has 0 aliphatic heterocycles. The molecule has 1 unspecified atom stereocenters. The maximum Gasteiger partial charge on any atom is 0.311 e. The monoisotopic (exact) mass is 407 g/mol. The minimum absolute atomic E-state index is 0.0215. The van der Waals surface area contributed by atoms with Gasteiger partial charge < -0.3 is 10.2 Å². The first-order chi connectivity index (χ1) is 13.2. The molecule has 0 bridgehead atoms. The largest absolute Gasteiger partial charge is 0.503 e. The van der Waals surface area contributed by atoms with Crippen molar-refractivity contribution in [1.82, 2.24) is 4.57 Å². The third-order valence-corrected chi connectivity index (χ3v) is 4.97. The first-order valence-electron chi connectivity index (χ1n) is 8.43. The number of carbonyl (C=O) groups excluding carboxylic acids is 1. The number of halogens is 3. The number of benzene rings is 2. The number of hydrogen-bond acceptors (Lipinski definition) is 3. The van der Waals surface area contributed by atoms with Crippen molar-refractivity contribution in [2.45, 2.75) is 26.2 Å². The van der Waals surface area contributed by atoms with Crippen LogP contribution in [0.2, 0.25) is 5.02 Å². The standard InChI is InChI=1S/C20H16ClF2NO4/c1-3-12(20(27)28)15-9(2)24(19(26)10-5-4-6-11(21)7-10)14-8-13(22)18(25)17(23)16(14)15/h4-8,12,25H,3H2,1-2H3,(H,27,28). The van der Waals surface area contributed by atoms with E-state index in [2.05, 4.69) is 0 Å². The highest BCUT2D eigenvalue weighted by atomic mass is 35.5. The highest BCUT2D eigenvalue weighted by molar-refractivity contribution is 6.31. The summed E-state index contributed by atoms with van der Waals surface area (Å²) in [7, 11) is 0. The molecule has 0 aliphatic rings. The lowest BCUT2D eigenvalue weighted by molar-refractivity contribution is -0.138. The van der Waals surface area contributed by atoms with Crippen LogP contribution >= 0.6 is 11.6 Å². The quantitative estimate of drug-likeness (QED) is 0.647. The molecule has 0 saturated carbocycles. The van der Waals surface area contributed by atoms with Crippen LogP contribution in [0.15, 0.2) is 30.3 Å².